The van der Waals surface area contributed by atoms with Crippen molar-refractivity contribution in [2.24, 2.45) is 0 Å². The lowest BCUT2D eigenvalue weighted by Gasteiger charge is -2.20. The van der Waals surface area contributed by atoms with Gasteiger partial charge in [-0.05, 0) is 47.2 Å². The number of halogens is 1. The zero-order valence-corrected chi connectivity index (χ0v) is 19.7. The number of alkyl carbamates (subject to hydrolysis) is 1. The highest BCUT2D eigenvalue weighted by molar-refractivity contribution is 6.32. The highest BCUT2D eigenvalue weighted by atomic mass is 35.5. The van der Waals surface area contributed by atoms with Crippen LogP contribution in [-0.4, -0.2) is 40.7 Å². The second-order valence-electron chi connectivity index (χ2n) is 8.24. The number of hydrogen-bond acceptors (Lipinski definition) is 5. The summed E-state index contributed by atoms with van der Waals surface area (Å²) in [5.41, 5.74) is 5.29. The van der Waals surface area contributed by atoms with Crippen molar-refractivity contribution in [2.75, 3.05) is 11.9 Å². The van der Waals surface area contributed by atoms with Crippen molar-refractivity contribution in [1.29, 1.82) is 0 Å². The Labute approximate surface area is 207 Å². The number of carbonyl (C=O) groups excluding carboxylic acids is 2. The predicted octanol–water partition coefficient (Wildman–Crippen LogP) is 4.75. The fourth-order valence-corrected chi connectivity index (χ4v) is 4.46. The molecule has 1 aromatic heterocycles. The summed E-state index contributed by atoms with van der Waals surface area (Å²) >= 11 is 6.08. The van der Waals surface area contributed by atoms with Crippen LogP contribution in [0.4, 0.5) is 10.5 Å². The number of pyridine rings is 1. The topological polar surface area (TPSA) is 118 Å². The number of anilines is 1. The smallest absolute Gasteiger partial charge is 0.407 e. The van der Waals surface area contributed by atoms with Crippen LogP contribution in [-0.2, 0) is 14.3 Å². The number of rotatable bonds is 8. The van der Waals surface area contributed by atoms with E-state index in [-0.39, 0.29) is 30.5 Å². The largest absolute Gasteiger partial charge is 0.481 e. The van der Waals surface area contributed by atoms with Crippen molar-refractivity contribution < 1.29 is 24.2 Å². The van der Waals surface area contributed by atoms with Crippen LogP contribution in [0.5, 0.6) is 0 Å². The first-order valence-electron chi connectivity index (χ1n) is 11.1. The van der Waals surface area contributed by atoms with Crippen LogP contribution < -0.4 is 10.6 Å². The number of carboxylic acids is 1. The van der Waals surface area contributed by atoms with Gasteiger partial charge < -0.3 is 20.5 Å². The van der Waals surface area contributed by atoms with Crippen molar-refractivity contribution in [1.82, 2.24) is 10.3 Å². The summed E-state index contributed by atoms with van der Waals surface area (Å²) in [6.45, 7) is 1.81. The lowest BCUT2D eigenvalue weighted by Crippen LogP contribution is -2.44. The standard InChI is InChI=1S/C26H24ClN3O5/c1-15-12-13-28-24(27)23(15)30-25(33)21(10-11-22(31)32)29-26(34)35-14-20-18-8-4-2-6-16(18)17-7-3-5-9-19(17)20/h2-9,12-13,20-21H,10-11,14H2,1H3,(H,29,34)(H,30,33)(H,31,32). The number of nitrogens with one attached hydrogen (secondary N) is 2. The van der Waals surface area contributed by atoms with E-state index < -0.39 is 24.0 Å². The number of aromatic nitrogens is 1. The molecule has 2 amide bonds. The zero-order valence-electron chi connectivity index (χ0n) is 19.0. The Morgan fingerprint density at radius 1 is 1.06 bits per heavy atom. The maximum atomic E-state index is 12.9. The Balaban J connectivity index is 1.45. The van der Waals surface area contributed by atoms with Crippen molar-refractivity contribution >= 4 is 35.3 Å². The SMILES string of the molecule is Cc1ccnc(Cl)c1NC(=O)C(CCC(=O)O)NC(=O)OCC1c2ccccc2-c2ccccc21. The summed E-state index contributed by atoms with van der Waals surface area (Å²) in [5, 5.41) is 14.3. The van der Waals surface area contributed by atoms with Gasteiger partial charge in [0, 0.05) is 18.5 Å². The van der Waals surface area contributed by atoms with Crippen LogP contribution in [0.2, 0.25) is 5.15 Å². The number of nitrogens with zero attached hydrogens (tertiary/aromatic N) is 1. The molecule has 0 saturated carbocycles. The van der Waals surface area contributed by atoms with E-state index in [4.69, 9.17) is 21.4 Å². The van der Waals surface area contributed by atoms with E-state index in [1.807, 2.05) is 48.5 Å². The summed E-state index contributed by atoms with van der Waals surface area (Å²) < 4.78 is 5.51. The Bertz CT molecular complexity index is 1210. The molecule has 4 rings (SSSR count). The fraction of sp³-hybridized carbons (Fsp3) is 0.231. The molecule has 3 aromatic rings. The van der Waals surface area contributed by atoms with E-state index in [1.165, 1.54) is 6.20 Å². The summed E-state index contributed by atoms with van der Waals surface area (Å²) in [6, 6.07) is 16.4. The Morgan fingerprint density at radius 3 is 2.29 bits per heavy atom. The molecule has 2 aromatic carbocycles. The molecule has 0 radical (unpaired) electrons. The number of ether oxygens (including phenoxy) is 1. The van der Waals surface area contributed by atoms with Gasteiger partial charge in [0.15, 0.2) is 5.15 Å². The lowest BCUT2D eigenvalue weighted by atomic mass is 9.98. The maximum absolute atomic E-state index is 12.9. The van der Waals surface area contributed by atoms with E-state index in [9.17, 15) is 14.4 Å². The minimum absolute atomic E-state index is 0.0701. The van der Waals surface area contributed by atoms with Gasteiger partial charge in [-0.1, -0.05) is 60.1 Å². The van der Waals surface area contributed by atoms with Gasteiger partial charge in [0.1, 0.15) is 12.6 Å². The van der Waals surface area contributed by atoms with E-state index in [0.29, 0.717) is 11.3 Å². The number of aryl methyl sites for hydroxylation is 1. The van der Waals surface area contributed by atoms with Gasteiger partial charge in [-0.15, -0.1) is 0 Å². The van der Waals surface area contributed by atoms with E-state index >= 15 is 0 Å². The number of fused-ring (bicyclic) bond motifs is 3. The number of carboxylic acid groups (broad SMARTS) is 1. The van der Waals surface area contributed by atoms with Crippen molar-refractivity contribution in [3.8, 4) is 11.1 Å². The van der Waals surface area contributed by atoms with Gasteiger partial charge in [-0.25, -0.2) is 9.78 Å². The predicted molar refractivity (Wildman–Crippen MR) is 131 cm³/mol. The molecule has 35 heavy (non-hydrogen) atoms. The van der Waals surface area contributed by atoms with E-state index in [1.54, 1.807) is 13.0 Å². The van der Waals surface area contributed by atoms with Crippen LogP contribution in [0, 0.1) is 6.92 Å². The third-order valence-electron chi connectivity index (χ3n) is 5.96. The van der Waals surface area contributed by atoms with Crippen molar-refractivity contribution in [3.63, 3.8) is 0 Å². The molecule has 0 aliphatic heterocycles. The minimum Gasteiger partial charge on any atom is -0.481 e. The van der Waals surface area contributed by atoms with E-state index in [0.717, 1.165) is 22.3 Å². The Morgan fingerprint density at radius 2 is 1.69 bits per heavy atom. The summed E-state index contributed by atoms with van der Waals surface area (Å²) in [7, 11) is 0. The lowest BCUT2D eigenvalue weighted by molar-refractivity contribution is -0.137. The van der Waals surface area contributed by atoms with Gasteiger partial charge in [0.25, 0.3) is 0 Å². The van der Waals surface area contributed by atoms with Gasteiger partial charge in [-0.3, -0.25) is 9.59 Å². The fourth-order valence-electron chi connectivity index (χ4n) is 4.20. The molecule has 0 saturated heterocycles. The number of carbonyl (C=O) groups is 3. The number of benzene rings is 2. The number of hydrogen-bond donors (Lipinski definition) is 3. The molecule has 1 heterocycles. The molecule has 0 spiro atoms. The highest BCUT2D eigenvalue weighted by Gasteiger charge is 2.30. The molecule has 3 N–H and O–H groups in total. The average molecular weight is 494 g/mol. The van der Waals surface area contributed by atoms with Crippen molar-refractivity contribution in [2.45, 2.75) is 31.7 Å². The summed E-state index contributed by atoms with van der Waals surface area (Å²) in [6.07, 6.45) is 0.250. The molecule has 0 fully saturated rings. The van der Waals surface area contributed by atoms with Crippen LogP contribution in [0.1, 0.15) is 35.4 Å². The molecule has 1 unspecified atom stereocenters. The van der Waals surface area contributed by atoms with Crippen LogP contribution in [0.25, 0.3) is 11.1 Å². The van der Waals surface area contributed by atoms with Gasteiger partial charge in [-0.2, -0.15) is 0 Å². The molecular formula is C26H24ClN3O5. The van der Waals surface area contributed by atoms with Gasteiger partial charge >= 0.3 is 12.1 Å². The maximum Gasteiger partial charge on any atom is 0.407 e. The number of aliphatic carboxylic acids is 1. The third kappa shape index (κ3) is 5.44. The summed E-state index contributed by atoms with van der Waals surface area (Å²) in [5.74, 6) is -1.85. The molecule has 1 aliphatic carbocycles. The van der Waals surface area contributed by atoms with Crippen LogP contribution >= 0.6 is 11.6 Å². The molecule has 1 atom stereocenters. The Kier molecular flexibility index (Phi) is 7.31. The normalized spacial score (nSPS) is 12.9. The third-order valence-corrected chi connectivity index (χ3v) is 6.25. The van der Waals surface area contributed by atoms with Gasteiger partial charge in [0.2, 0.25) is 5.91 Å². The van der Waals surface area contributed by atoms with Crippen LogP contribution in [0.3, 0.4) is 0 Å². The first-order valence-corrected chi connectivity index (χ1v) is 11.5. The molecule has 9 heteroatoms. The van der Waals surface area contributed by atoms with E-state index in [2.05, 4.69) is 15.6 Å². The highest BCUT2D eigenvalue weighted by Crippen LogP contribution is 2.44. The second-order valence-corrected chi connectivity index (χ2v) is 8.60. The number of amides is 2. The average Bonchev–Trinajstić information content (AvgIpc) is 3.16. The van der Waals surface area contributed by atoms with Crippen LogP contribution in [0.15, 0.2) is 60.8 Å². The Hall–Kier alpha value is -3.91. The second kappa shape index (κ2) is 10.6. The molecular weight excluding hydrogens is 470 g/mol. The first-order chi connectivity index (χ1) is 16.8. The zero-order chi connectivity index (χ0) is 24.9. The monoisotopic (exact) mass is 493 g/mol. The molecule has 0 bridgehead atoms. The molecule has 1 aliphatic rings. The molecule has 180 valence electrons. The van der Waals surface area contributed by atoms with Crippen molar-refractivity contribution in [3.05, 3.63) is 82.6 Å². The first kappa shape index (κ1) is 24.2. The van der Waals surface area contributed by atoms with Gasteiger partial charge in [0.05, 0.1) is 5.69 Å². The summed E-state index contributed by atoms with van der Waals surface area (Å²) in [4.78, 5) is 40.6. The minimum atomic E-state index is -1.14. The quantitative estimate of drug-likeness (QED) is 0.390. The molecule has 8 nitrogen and oxygen atoms in total.